The maximum Gasteiger partial charge on any atom is 0.431 e. The third kappa shape index (κ3) is 5.87. The van der Waals surface area contributed by atoms with Gasteiger partial charge in [0.1, 0.15) is 41.5 Å². The molecule has 2 aliphatic heterocycles. The highest BCUT2D eigenvalue weighted by molar-refractivity contribution is 5.95. The Hall–Kier alpha value is -3.34. The highest BCUT2D eigenvalue weighted by atomic mass is 19.4. The fraction of sp³-hybridized carbons (Fsp3) is 0.481. The van der Waals surface area contributed by atoms with E-state index in [1.807, 2.05) is 11.8 Å². The number of anilines is 2. The van der Waals surface area contributed by atoms with Crippen LogP contribution < -0.4 is 19.4 Å². The molecule has 7 nitrogen and oxygen atoms in total. The number of hydrazone groups is 1. The molecule has 4 rings (SSSR count). The molecule has 1 saturated heterocycles. The van der Waals surface area contributed by atoms with Gasteiger partial charge in [0.25, 0.3) is 0 Å². The number of methoxy groups -OCH3 is 1. The molecule has 1 fully saturated rings. The van der Waals surface area contributed by atoms with Crippen LogP contribution in [0.4, 0.5) is 28.9 Å². The normalized spacial score (nSPS) is 23.8. The smallest absolute Gasteiger partial charge is 0.431 e. The number of hydrogen-bond acceptors (Lipinski definition) is 7. The first kappa shape index (κ1) is 27.7. The van der Waals surface area contributed by atoms with E-state index in [1.54, 1.807) is 43.5 Å². The molecule has 0 radical (unpaired) electrons. The van der Waals surface area contributed by atoms with Crippen molar-refractivity contribution in [1.82, 2.24) is 0 Å². The summed E-state index contributed by atoms with van der Waals surface area (Å²) >= 11 is 0. The zero-order valence-corrected chi connectivity index (χ0v) is 21.5. The van der Waals surface area contributed by atoms with Crippen molar-refractivity contribution < 1.29 is 36.6 Å². The summed E-state index contributed by atoms with van der Waals surface area (Å²) in [5.41, 5.74) is -0.0371. The Morgan fingerprint density at radius 3 is 2.45 bits per heavy atom. The zero-order chi connectivity index (χ0) is 27.4. The second-order valence-electron chi connectivity index (χ2n) is 9.29. The lowest BCUT2D eigenvalue weighted by Gasteiger charge is -2.39. The second kappa shape index (κ2) is 11.6. The van der Waals surface area contributed by atoms with Gasteiger partial charge in [-0.2, -0.15) is 18.3 Å². The molecule has 0 spiro atoms. The molecular weight excluding hydrogens is 506 g/mol. The van der Waals surface area contributed by atoms with E-state index in [2.05, 4.69) is 5.10 Å². The highest BCUT2D eigenvalue weighted by Gasteiger charge is 2.48. The highest BCUT2D eigenvalue weighted by Crippen LogP contribution is 2.37. The maximum atomic E-state index is 14.6. The lowest BCUT2D eigenvalue weighted by molar-refractivity contribution is -0.108. The maximum absolute atomic E-state index is 14.6. The van der Waals surface area contributed by atoms with Crippen LogP contribution in [-0.4, -0.2) is 63.2 Å². The molecule has 11 heteroatoms. The molecule has 3 unspecified atom stereocenters. The minimum Gasteiger partial charge on any atom is -0.494 e. The summed E-state index contributed by atoms with van der Waals surface area (Å²) in [7, 11) is 1.57. The van der Waals surface area contributed by atoms with Crippen LogP contribution in [0.15, 0.2) is 47.6 Å². The minimum absolute atomic E-state index is 0.0787. The molecule has 0 saturated carbocycles. The Kier molecular flexibility index (Phi) is 8.44. The van der Waals surface area contributed by atoms with Crippen LogP contribution in [0.1, 0.15) is 26.7 Å². The van der Waals surface area contributed by atoms with Crippen molar-refractivity contribution in [2.24, 2.45) is 11.0 Å². The minimum atomic E-state index is -4.57. The molecule has 2 aromatic carbocycles. The fourth-order valence-electron chi connectivity index (χ4n) is 4.96. The molecule has 2 aliphatic rings. The first-order chi connectivity index (χ1) is 18.2. The number of benzene rings is 2. The van der Waals surface area contributed by atoms with E-state index < -0.39 is 23.8 Å². The van der Waals surface area contributed by atoms with E-state index in [0.717, 1.165) is 0 Å². The monoisotopic (exact) mass is 537 g/mol. The number of hydrogen-bond donors (Lipinski definition) is 0. The van der Waals surface area contributed by atoms with Crippen molar-refractivity contribution >= 4 is 23.4 Å². The molecule has 0 aliphatic carbocycles. The number of carbonyl (C=O) groups excluding carboxylic acids is 1. The van der Waals surface area contributed by atoms with Crippen molar-refractivity contribution in [3.05, 3.63) is 48.3 Å². The lowest BCUT2D eigenvalue weighted by atomic mass is 9.95. The van der Waals surface area contributed by atoms with Crippen LogP contribution >= 0.6 is 0 Å². The van der Waals surface area contributed by atoms with E-state index in [-0.39, 0.29) is 24.4 Å². The molecule has 38 heavy (non-hydrogen) atoms. The Morgan fingerprint density at radius 1 is 1.11 bits per heavy atom. The average Bonchev–Trinajstić information content (AvgIpc) is 3.23. The first-order valence-corrected chi connectivity index (χ1v) is 12.5. The van der Waals surface area contributed by atoms with Crippen molar-refractivity contribution in [2.75, 3.05) is 36.7 Å². The van der Waals surface area contributed by atoms with Gasteiger partial charge in [0.15, 0.2) is 0 Å². The number of alkyl halides is 3. The molecule has 0 amide bonds. The van der Waals surface area contributed by atoms with E-state index in [9.17, 15) is 22.4 Å². The summed E-state index contributed by atoms with van der Waals surface area (Å²) in [5.74, 6) is -0.190. The molecule has 2 heterocycles. The quantitative estimate of drug-likeness (QED) is 0.323. The summed E-state index contributed by atoms with van der Waals surface area (Å²) in [6, 6.07) is 10.5. The Labute approximate surface area is 219 Å². The van der Waals surface area contributed by atoms with Gasteiger partial charge in [-0.3, -0.25) is 5.01 Å². The number of rotatable bonds is 9. The van der Waals surface area contributed by atoms with E-state index in [1.165, 1.54) is 18.0 Å². The van der Waals surface area contributed by atoms with Gasteiger partial charge in [-0.25, -0.2) is 4.39 Å². The third-order valence-corrected chi connectivity index (χ3v) is 6.93. The third-order valence-electron chi connectivity index (χ3n) is 6.93. The summed E-state index contributed by atoms with van der Waals surface area (Å²) in [5, 5.41) is 5.06. The number of ether oxygens (including phenoxy) is 3. The van der Waals surface area contributed by atoms with Crippen LogP contribution in [0, 0.1) is 11.7 Å². The van der Waals surface area contributed by atoms with Gasteiger partial charge < -0.3 is 23.9 Å². The van der Waals surface area contributed by atoms with E-state index in [4.69, 9.17) is 14.2 Å². The van der Waals surface area contributed by atoms with Gasteiger partial charge in [0.2, 0.25) is 0 Å². The molecule has 206 valence electrons. The Balaban J connectivity index is 1.45. The SMILES string of the molecule is CCOc1ccc(F)c(N2CCC(Oc3ccc(N4N=C(C(F)(F)F)C(C)[C@@H]4CC=O)cc3)C(OC)C2)c1. The summed E-state index contributed by atoms with van der Waals surface area (Å²) in [4.78, 5) is 13.0. The van der Waals surface area contributed by atoms with Gasteiger partial charge in [-0.05, 0) is 43.3 Å². The van der Waals surface area contributed by atoms with Crippen LogP contribution in [-0.2, 0) is 9.53 Å². The second-order valence-corrected chi connectivity index (χ2v) is 9.29. The predicted octanol–water partition coefficient (Wildman–Crippen LogP) is 5.23. The molecular formula is C27H31F4N3O4. The first-order valence-electron chi connectivity index (χ1n) is 12.5. The standard InChI is InChI=1S/C27H31F4N3O4/c1-4-37-20-9-10-21(28)23(15-20)33-13-11-24(25(16-33)36-3)38-19-7-5-18(6-8-19)34-22(12-14-35)17(2)26(32-34)27(29,30)31/h5-10,14-15,17,22,24-25H,4,11-13,16H2,1-3H3/t17?,22-,24?,25?/m0/s1. The van der Waals surface area contributed by atoms with Crippen LogP contribution in [0.25, 0.3) is 0 Å². The van der Waals surface area contributed by atoms with Crippen LogP contribution in [0.2, 0.25) is 0 Å². The van der Waals surface area contributed by atoms with Gasteiger partial charge in [0, 0.05) is 45.0 Å². The number of piperidine rings is 1. The number of halogens is 4. The number of nitrogens with zero attached hydrogens (tertiary/aromatic N) is 3. The average molecular weight is 538 g/mol. The van der Waals surface area contributed by atoms with Gasteiger partial charge in [0.05, 0.1) is 24.0 Å². The van der Waals surface area contributed by atoms with Gasteiger partial charge in [-0.15, -0.1) is 0 Å². The van der Waals surface area contributed by atoms with Gasteiger partial charge in [-0.1, -0.05) is 6.92 Å². The van der Waals surface area contributed by atoms with E-state index in [0.29, 0.717) is 55.3 Å². The van der Waals surface area contributed by atoms with E-state index >= 15 is 0 Å². The van der Waals surface area contributed by atoms with Crippen molar-refractivity contribution in [3.63, 3.8) is 0 Å². The fourth-order valence-corrected chi connectivity index (χ4v) is 4.96. The van der Waals surface area contributed by atoms with Crippen LogP contribution in [0.3, 0.4) is 0 Å². The van der Waals surface area contributed by atoms with Crippen molar-refractivity contribution in [3.8, 4) is 11.5 Å². The van der Waals surface area contributed by atoms with Crippen LogP contribution in [0.5, 0.6) is 11.5 Å². The molecule has 0 N–H and O–H groups in total. The molecule has 2 aromatic rings. The molecule has 4 atom stereocenters. The number of carbonyl (C=O) groups is 1. The topological polar surface area (TPSA) is 63.6 Å². The summed E-state index contributed by atoms with van der Waals surface area (Å²) < 4.78 is 72.1. The predicted molar refractivity (Wildman–Crippen MR) is 136 cm³/mol. The Morgan fingerprint density at radius 2 is 1.82 bits per heavy atom. The summed E-state index contributed by atoms with van der Waals surface area (Å²) in [6.07, 6.45) is -4.15. The van der Waals surface area contributed by atoms with Gasteiger partial charge >= 0.3 is 6.18 Å². The lowest BCUT2D eigenvalue weighted by Crippen LogP contribution is -2.50. The molecule has 0 aromatic heterocycles. The largest absolute Gasteiger partial charge is 0.494 e. The Bertz CT molecular complexity index is 1140. The van der Waals surface area contributed by atoms with Crippen molar-refractivity contribution in [1.29, 1.82) is 0 Å². The number of aldehydes is 1. The summed E-state index contributed by atoms with van der Waals surface area (Å²) in [6.45, 7) is 4.70. The zero-order valence-electron chi connectivity index (χ0n) is 21.5. The van der Waals surface area contributed by atoms with Crippen molar-refractivity contribution in [2.45, 2.75) is 51.1 Å². The molecule has 0 bridgehead atoms.